The molecule has 0 bridgehead atoms. The number of hydrogen-bond donors (Lipinski definition) is 0. The van der Waals surface area contributed by atoms with Gasteiger partial charge in [0, 0.05) is 31.5 Å². The second-order valence-corrected chi connectivity index (χ2v) is 8.99. The van der Waals surface area contributed by atoms with Crippen LogP contribution < -0.4 is 0 Å². The van der Waals surface area contributed by atoms with E-state index in [9.17, 15) is 0 Å². The van der Waals surface area contributed by atoms with E-state index in [1.54, 1.807) is 0 Å². The topological polar surface area (TPSA) is 12.5 Å². The monoisotopic (exact) mass is 373 g/mol. The first-order valence-electron chi connectivity index (χ1n) is 10.9. The summed E-state index contributed by atoms with van der Waals surface area (Å²) in [5.41, 5.74) is 2.56. The van der Waals surface area contributed by atoms with Gasteiger partial charge in [-0.05, 0) is 36.3 Å². The summed E-state index contributed by atoms with van der Waals surface area (Å²) in [6.45, 7) is 5.13. The highest BCUT2D eigenvalue weighted by Gasteiger charge is 2.56. The molecular formula is C26H31NO. The molecule has 5 rings (SSSR count). The quantitative estimate of drug-likeness (QED) is 0.681. The molecule has 0 amide bonds. The Bertz CT molecular complexity index is 760. The fourth-order valence-corrected chi connectivity index (χ4v) is 6.17. The van der Waals surface area contributed by atoms with Crippen molar-refractivity contribution in [2.75, 3.05) is 6.54 Å². The molecule has 2 aromatic carbocycles. The number of morpholine rings is 1. The first-order chi connectivity index (χ1) is 13.8. The Morgan fingerprint density at radius 2 is 1.61 bits per heavy atom. The standard InChI is InChI=1S/C26H31NO/c1-2-23-19-27-24-15-9-14-22(24)16-25(27)26(28-23,17-20-10-5-3-6-11-20)18-21-12-7-4-8-13-21/h2-8,10-13,22-25H,1,9,14-19H2/t22-,23+,24-,25-/m1/s1. The van der Waals surface area contributed by atoms with Gasteiger partial charge >= 0.3 is 0 Å². The van der Waals surface area contributed by atoms with Crippen molar-refractivity contribution in [3.05, 3.63) is 84.4 Å². The molecule has 3 fully saturated rings. The number of rotatable bonds is 5. The van der Waals surface area contributed by atoms with Crippen molar-refractivity contribution >= 4 is 0 Å². The highest BCUT2D eigenvalue weighted by atomic mass is 16.5. The summed E-state index contributed by atoms with van der Waals surface area (Å²) in [7, 11) is 0. The van der Waals surface area contributed by atoms with Crippen LogP contribution >= 0.6 is 0 Å². The smallest absolute Gasteiger partial charge is 0.0925 e. The van der Waals surface area contributed by atoms with E-state index in [1.165, 1.54) is 36.8 Å². The number of ether oxygens (including phenoxy) is 1. The first-order valence-corrected chi connectivity index (χ1v) is 10.9. The lowest BCUT2D eigenvalue weighted by Gasteiger charge is -2.51. The van der Waals surface area contributed by atoms with Gasteiger partial charge in [-0.2, -0.15) is 0 Å². The first kappa shape index (κ1) is 18.1. The third kappa shape index (κ3) is 3.23. The molecular weight excluding hydrogens is 342 g/mol. The Labute approximate surface area is 169 Å². The van der Waals surface area contributed by atoms with Crippen molar-refractivity contribution in [2.45, 2.75) is 62.3 Å². The van der Waals surface area contributed by atoms with Crippen LogP contribution in [0.15, 0.2) is 73.3 Å². The normalized spacial score (nSPS) is 31.3. The summed E-state index contributed by atoms with van der Waals surface area (Å²) in [4.78, 5) is 2.82. The lowest BCUT2D eigenvalue weighted by molar-refractivity contribution is -0.169. The van der Waals surface area contributed by atoms with Crippen LogP contribution in [0.2, 0.25) is 0 Å². The Kier molecular flexibility index (Phi) is 4.86. The second-order valence-electron chi connectivity index (χ2n) is 8.99. The maximum Gasteiger partial charge on any atom is 0.0925 e. The summed E-state index contributed by atoms with van der Waals surface area (Å²) in [5, 5.41) is 0. The Morgan fingerprint density at radius 1 is 0.964 bits per heavy atom. The SMILES string of the molecule is C=C[C@H]1CN2[C@@H]3CCC[C@@H]3C[C@@H]2C(Cc2ccccc2)(Cc2ccccc2)O1. The van der Waals surface area contributed by atoms with Gasteiger partial charge in [0.15, 0.2) is 0 Å². The average molecular weight is 374 g/mol. The van der Waals surface area contributed by atoms with Crippen molar-refractivity contribution in [3.8, 4) is 0 Å². The van der Waals surface area contributed by atoms with Gasteiger partial charge in [0.05, 0.1) is 11.7 Å². The summed E-state index contributed by atoms with van der Waals surface area (Å²) >= 11 is 0. The zero-order valence-corrected chi connectivity index (χ0v) is 16.7. The molecule has 0 unspecified atom stereocenters. The minimum Gasteiger partial charge on any atom is -0.364 e. The summed E-state index contributed by atoms with van der Waals surface area (Å²) in [5.74, 6) is 0.850. The van der Waals surface area contributed by atoms with E-state index >= 15 is 0 Å². The molecule has 0 spiro atoms. The van der Waals surface area contributed by atoms with Crippen molar-refractivity contribution in [2.24, 2.45) is 5.92 Å². The molecule has 2 heteroatoms. The van der Waals surface area contributed by atoms with Crippen LogP contribution in [0.4, 0.5) is 0 Å². The number of fused-ring (bicyclic) bond motifs is 3. The zero-order chi connectivity index (χ0) is 19.0. The van der Waals surface area contributed by atoms with Crippen LogP contribution in [0.5, 0.6) is 0 Å². The van der Waals surface area contributed by atoms with Crippen LogP contribution in [0.1, 0.15) is 36.8 Å². The Hall–Kier alpha value is -1.90. The van der Waals surface area contributed by atoms with Gasteiger partial charge in [0.25, 0.3) is 0 Å². The molecule has 1 aliphatic carbocycles. The molecule has 2 heterocycles. The van der Waals surface area contributed by atoms with Gasteiger partial charge in [0.1, 0.15) is 0 Å². The van der Waals surface area contributed by atoms with Gasteiger partial charge in [-0.3, -0.25) is 4.90 Å². The van der Waals surface area contributed by atoms with E-state index in [4.69, 9.17) is 4.74 Å². The fraction of sp³-hybridized carbons (Fsp3) is 0.462. The van der Waals surface area contributed by atoms with E-state index in [0.717, 1.165) is 31.3 Å². The molecule has 2 aromatic rings. The largest absolute Gasteiger partial charge is 0.364 e. The van der Waals surface area contributed by atoms with Crippen molar-refractivity contribution in [1.29, 1.82) is 0 Å². The summed E-state index contributed by atoms with van der Waals surface area (Å²) in [6.07, 6.45) is 9.51. The Morgan fingerprint density at radius 3 is 2.21 bits per heavy atom. The number of nitrogens with zero attached hydrogens (tertiary/aromatic N) is 1. The van der Waals surface area contributed by atoms with Gasteiger partial charge in [-0.25, -0.2) is 0 Å². The molecule has 1 saturated carbocycles. The van der Waals surface area contributed by atoms with Gasteiger partial charge in [-0.1, -0.05) is 73.2 Å². The highest BCUT2D eigenvalue weighted by molar-refractivity contribution is 5.26. The molecule has 146 valence electrons. The third-order valence-electron chi connectivity index (χ3n) is 7.31. The molecule has 2 nitrogen and oxygen atoms in total. The fourth-order valence-electron chi connectivity index (χ4n) is 6.17. The lowest BCUT2D eigenvalue weighted by atomic mass is 9.78. The van der Waals surface area contributed by atoms with Crippen LogP contribution in [0.3, 0.4) is 0 Å². The number of hydrogen-bond acceptors (Lipinski definition) is 2. The van der Waals surface area contributed by atoms with Crippen LogP contribution in [0.25, 0.3) is 0 Å². The van der Waals surface area contributed by atoms with E-state index in [-0.39, 0.29) is 11.7 Å². The van der Waals surface area contributed by atoms with E-state index in [2.05, 4.69) is 72.1 Å². The molecule has 3 aliphatic rings. The lowest BCUT2D eigenvalue weighted by Crippen LogP contribution is -2.63. The average Bonchev–Trinajstić information content (AvgIpc) is 3.32. The third-order valence-corrected chi connectivity index (χ3v) is 7.31. The maximum absolute atomic E-state index is 6.95. The molecule has 0 aromatic heterocycles. The van der Waals surface area contributed by atoms with Gasteiger partial charge in [-0.15, -0.1) is 6.58 Å². The van der Waals surface area contributed by atoms with E-state index in [0.29, 0.717) is 6.04 Å². The van der Waals surface area contributed by atoms with E-state index < -0.39 is 0 Å². The van der Waals surface area contributed by atoms with Crippen molar-refractivity contribution < 1.29 is 4.74 Å². The highest BCUT2D eigenvalue weighted by Crippen LogP contribution is 2.49. The Balaban J connectivity index is 1.55. The molecule has 2 aliphatic heterocycles. The van der Waals surface area contributed by atoms with Crippen molar-refractivity contribution in [3.63, 3.8) is 0 Å². The van der Waals surface area contributed by atoms with Gasteiger partial charge in [0.2, 0.25) is 0 Å². The van der Waals surface area contributed by atoms with Crippen LogP contribution in [-0.4, -0.2) is 35.2 Å². The molecule has 0 N–H and O–H groups in total. The van der Waals surface area contributed by atoms with Crippen LogP contribution in [-0.2, 0) is 17.6 Å². The van der Waals surface area contributed by atoms with E-state index in [1.807, 2.05) is 6.08 Å². The van der Waals surface area contributed by atoms with Gasteiger partial charge < -0.3 is 4.74 Å². The molecule has 2 saturated heterocycles. The second kappa shape index (κ2) is 7.50. The summed E-state index contributed by atoms with van der Waals surface area (Å²) < 4.78 is 6.95. The molecule has 4 atom stereocenters. The molecule has 0 radical (unpaired) electrons. The van der Waals surface area contributed by atoms with Crippen LogP contribution in [0, 0.1) is 5.92 Å². The predicted octanol–water partition coefficient (Wildman–Crippen LogP) is 5.04. The zero-order valence-electron chi connectivity index (χ0n) is 16.7. The summed E-state index contributed by atoms with van der Waals surface area (Å²) in [6, 6.07) is 23.1. The molecule has 28 heavy (non-hydrogen) atoms. The van der Waals surface area contributed by atoms with Crippen molar-refractivity contribution in [1.82, 2.24) is 4.90 Å². The predicted molar refractivity (Wildman–Crippen MR) is 114 cm³/mol. The maximum atomic E-state index is 6.95. The minimum absolute atomic E-state index is 0.114. The minimum atomic E-state index is -0.190. The number of benzene rings is 2.